The van der Waals surface area contributed by atoms with Gasteiger partial charge in [-0.05, 0) is 36.3 Å². The van der Waals surface area contributed by atoms with Gasteiger partial charge >= 0.3 is 0 Å². The third-order valence-corrected chi connectivity index (χ3v) is 4.60. The number of fused-ring (bicyclic) bond motifs is 1. The van der Waals surface area contributed by atoms with Crippen LogP contribution in [0.4, 0.5) is 0 Å². The summed E-state index contributed by atoms with van der Waals surface area (Å²) in [5, 5.41) is 5.89. The Morgan fingerprint density at radius 2 is 1.92 bits per heavy atom. The Bertz CT molecular complexity index is 952. The molecule has 1 heterocycles. The molecule has 0 aliphatic carbocycles. The van der Waals surface area contributed by atoms with Gasteiger partial charge < -0.3 is 0 Å². The van der Waals surface area contributed by atoms with E-state index in [0.29, 0.717) is 0 Å². The maximum absolute atomic E-state index is 11.9. The quantitative estimate of drug-likeness (QED) is 0.401. The highest BCUT2D eigenvalue weighted by atomic mass is 32.2. The van der Waals surface area contributed by atoms with Gasteiger partial charge in [-0.3, -0.25) is 4.79 Å². The molecule has 0 aliphatic heterocycles. The summed E-state index contributed by atoms with van der Waals surface area (Å²) < 4.78 is 0. The molecule has 0 saturated carbocycles. The average molecular weight is 361 g/mol. The first-order valence-electron chi connectivity index (χ1n) is 8.25. The fourth-order valence-electron chi connectivity index (χ4n) is 2.43. The zero-order valence-corrected chi connectivity index (χ0v) is 15.2. The van der Waals surface area contributed by atoms with Gasteiger partial charge in [0, 0.05) is 11.6 Å². The van der Waals surface area contributed by atoms with Crippen molar-refractivity contribution in [2.75, 3.05) is 5.75 Å². The van der Waals surface area contributed by atoms with Gasteiger partial charge in [0.05, 0.1) is 16.3 Å². The SMILES string of the molecule is Cc1cc(SCC(=O)N/N=C\C=C\c2ccccc2)nc2ccccc12. The highest BCUT2D eigenvalue weighted by molar-refractivity contribution is 7.99. The number of hydrogen-bond donors (Lipinski definition) is 1. The number of hydrazone groups is 1. The Labute approximate surface area is 157 Å². The van der Waals surface area contributed by atoms with Crippen molar-refractivity contribution in [3.8, 4) is 0 Å². The fourth-order valence-corrected chi connectivity index (χ4v) is 3.20. The van der Waals surface area contributed by atoms with E-state index < -0.39 is 0 Å². The number of para-hydroxylation sites is 1. The molecule has 3 rings (SSSR count). The van der Waals surface area contributed by atoms with Crippen molar-refractivity contribution in [3.05, 3.63) is 77.9 Å². The zero-order chi connectivity index (χ0) is 18.2. The number of carbonyl (C=O) groups excluding carboxylic acids is 1. The van der Waals surface area contributed by atoms with Crippen LogP contribution < -0.4 is 5.43 Å². The van der Waals surface area contributed by atoms with Crippen LogP contribution in [0.1, 0.15) is 11.1 Å². The standard InChI is InChI=1S/C21H19N3OS/c1-16-14-21(23-19-12-6-5-11-18(16)19)26-15-20(25)24-22-13-7-10-17-8-3-2-4-9-17/h2-14H,15H2,1H3,(H,24,25)/b10-7+,22-13-. The molecule has 0 atom stereocenters. The maximum atomic E-state index is 11.9. The molecule has 0 radical (unpaired) electrons. The minimum absolute atomic E-state index is 0.160. The second-order valence-electron chi connectivity index (χ2n) is 5.67. The van der Waals surface area contributed by atoms with Crippen LogP contribution in [0.2, 0.25) is 0 Å². The van der Waals surface area contributed by atoms with Crippen LogP contribution in [0, 0.1) is 6.92 Å². The van der Waals surface area contributed by atoms with Crippen molar-refractivity contribution in [2.24, 2.45) is 5.10 Å². The van der Waals surface area contributed by atoms with Gasteiger partial charge in [-0.2, -0.15) is 5.10 Å². The lowest BCUT2D eigenvalue weighted by atomic mass is 10.1. The highest BCUT2D eigenvalue weighted by Crippen LogP contribution is 2.23. The predicted octanol–water partition coefficient (Wildman–Crippen LogP) is 4.45. The van der Waals surface area contributed by atoms with Crippen molar-refractivity contribution in [3.63, 3.8) is 0 Å². The molecule has 0 fully saturated rings. The summed E-state index contributed by atoms with van der Waals surface area (Å²) in [5.41, 5.74) is 5.70. The molecule has 26 heavy (non-hydrogen) atoms. The Morgan fingerprint density at radius 3 is 2.77 bits per heavy atom. The van der Waals surface area contributed by atoms with Gasteiger partial charge in [-0.15, -0.1) is 0 Å². The predicted molar refractivity (Wildman–Crippen MR) is 109 cm³/mol. The van der Waals surface area contributed by atoms with Gasteiger partial charge in [0.1, 0.15) is 0 Å². The van der Waals surface area contributed by atoms with Crippen molar-refractivity contribution in [1.29, 1.82) is 0 Å². The van der Waals surface area contributed by atoms with E-state index in [1.54, 1.807) is 12.3 Å². The lowest BCUT2D eigenvalue weighted by molar-refractivity contribution is -0.118. The molecule has 2 aromatic carbocycles. The molecule has 0 aliphatic rings. The van der Waals surface area contributed by atoms with Crippen LogP contribution in [0.3, 0.4) is 0 Å². The summed E-state index contributed by atoms with van der Waals surface area (Å²) in [5.74, 6) is 0.108. The van der Waals surface area contributed by atoms with E-state index >= 15 is 0 Å². The Balaban J connectivity index is 1.50. The van der Waals surface area contributed by atoms with Crippen LogP contribution in [0.5, 0.6) is 0 Å². The summed E-state index contributed by atoms with van der Waals surface area (Å²) in [6, 6.07) is 19.9. The number of allylic oxidation sites excluding steroid dienone is 1. The minimum Gasteiger partial charge on any atom is -0.272 e. The molecule has 0 unspecified atom stereocenters. The van der Waals surface area contributed by atoms with Crippen LogP contribution in [0.25, 0.3) is 17.0 Å². The first-order chi connectivity index (χ1) is 12.7. The van der Waals surface area contributed by atoms with E-state index in [0.717, 1.165) is 27.1 Å². The second kappa shape index (κ2) is 8.97. The number of aromatic nitrogens is 1. The first kappa shape index (κ1) is 17.9. The molecular formula is C21H19N3OS. The number of hydrogen-bond acceptors (Lipinski definition) is 4. The topological polar surface area (TPSA) is 54.4 Å². The van der Waals surface area contributed by atoms with E-state index in [9.17, 15) is 4.79 Å². The number of aryl methyl sites for hydroxylation is 1. The van der Waals surface area contributed by atoms with Crippen molar-refractivity contribution in [2.45, 2.75) is 11.9 Å². The number of pyridine rings is 1. The normalized spacial score (nSPS) is 11.4. The summed E-state index contributed by atoms with van der Waals surface area (Å²) in [6.45, 7) is 2.05. The number of thioether (sulfide) groups is 1. The van der Waals surface area contributed by atoms with Gasteiger partial charge in [0.15, 0.2) is 0 Å². The van der Waals surface area contributed by atoms with E-state index in [-0.39, 0.29) is 11.7 Å². The molecule has 0 saturated heterocycles. The van der Waals surface area contributed by atoms with Gasteiger partial charge in [-0.25, -0.2) is 10.4 Å². The summed E-state index contributed by atoms with van der Waals surface area (Å²) in [4.78, 5) is 16.5. The molecule has 5 heteroatoms. The second-order valence-corrected chi connectivity index (χ2v) is 6.66. The van der Waals surface area contributed by atoms with E-state index in [1.165, 1.54) is 11.8 Å². The fraction of sp³-hybridized carbons (Fsp3) is 0.0952. The number of nitrogens with zero attached hydrogens (tertiary/aromatic N) is 2. The Morgan fingerprint density at radius 1 is 1.15 bits per heavy atom. The monoisotopic (exact) mass is 361 g/mol. The largest absolute Gasteiger partial charge is 0.272 e. The van der Waals surface area contributed by atoms with Crippen molar-refractivity contribution >= 4 is 40.9 Å². The van der Waals surface area contributed by atoms with E-state index in [2.05, 4.69) is 28.5 Å². The molecule has 0 bridgehead atoms. The molecule has 4 nitrogen and oxygen atoms in total. The molecule has 3 aromatic rings. The highest BCUT2D eigenvalue weighted by Gasteiger charge is 2.06. The number of rotatable bonds is 6. The maximum Gasteiger partial charge on any atom is 0.250 e. The van der Waals surface area contributed by atoms with E-state index in [4.69, 9.17) is 0 Å². The molecule has 1 amide bonds. The minimum atomic E-state index is -0.160. The molecule has 1 aromatic heterocycles. The third-order valence-electron chi connectivity index (χ3n) is 3.69. The smallest absolute Gasteiger partial charge is 0.250 e. The van der Waals surface area contributed by atoms with E-state index in [1.807, 2.05) is 60.7 Å². The number of carbonyl (C=O) groups is 1. The van der Waals surface area contributed by atoms with Gasteiger partial charge in [-0.1, -0.05) is 66.4 Å². The molecule has 1 N–H and O–H groups in total. The van der Waals surface area contributed by atoms with Crippen molar-refractivity contribution in [1.82, 2.24) is 10.4 Å². The zero-order valence-electron chi connectivity index (χ0n) is 14.4. The molecule has 0 spiro atoms. The van der Waals surface area contributed by atoms with Crippen LogP contribution in [0.15, 0.2) is 76.9 Å². The van der Waals surface area contributed by atoms with Crippen molar-refractivity contribution < 1.29 is 4.79 Å². The van der Waals surface area contributed by atoms with Crippen LogP contribution in [-0.2, 0) is 4.79 Å². The molecule has 130 valence electrons. The van der Waals surface area contributed by atoms with Gasteiger partial charge in [0.25, 0.3) is 0 Å². The third kappa shape index (κ3) is 5.04. The number of benzene rings is 2. The van der Waals surface area contributed by atoms with Crippen LogP contribution in [-0.4, -0.2) is 22.9 Å². The van der Waals surface area contributed by atoms with Crippen LogP contribution >= 0.6 is 11.8 Å². The lowest BCUT2D eigenvalue weighted by Gasteiger charge is -2.05. The Kier molecular flexibility index (Phi) is 6.17. The average Bonchev–Trinajstić information content (AvgIpc) is 2.67. The summed E-state index contributed by atoms with van der Waals surface area (Å²) >= 11 is 1.40. The molecular weight excluding hydrogens is 342 g/mol. The first-order valence-corrected chi connectivity index (χ1v) is 9.24. The van der Waals surface area contributed by atoms with Gasteiger partial charge in [0.2, 0.25) is 5.91 Å². The summed E-state index contributed by atoms with van der Waals surface area (Å²) in [6.07, 6.45) is 5.27. The number of amides is 1. The number of nitrogens with one attached hydrogen (secondary N) is 1. The summed E-state index contributed by atoms with van der Waals surface area (Å²) in [7, 11) is 0. The Hall–Kier alpha value is -2.92. The lowest BCUT2D eigenvalue weighted by Crippen LogP contribution is -2.19.